The zero-order valence-corrected chi connectivity index (χ0v) is 28.6. The highest BCUT2D eigenvalue weighted by molar-refractivity contribution is 6.21. The van der Waals surface area contributed by atoms with Crippen LogP contribution in [0.2, 0.25) is 0 Å². The van der Waals surface area contributed by atoms with Gasteiger partial charge >= 0.3 is 0 Å². The van der Waals surface area contributed by atoms with Crippen LogP contribution in [0.25, 0.3) is 98.7 Å². The monoisotopic (exact) mass is 658 g/mol. The molecule has 0 spiro atoms. The van der Waals surface area contributed by atoms with Crippen LogP contribution in [0.5, 0.6) is 0 Å². The summed E-state index contributed by atoms with van der Waals surface area (Å²) in [4.78, 5) is 0. The first-order valence-corrected chi connectivity index (χ1v) is 18.0. The smallest absolute Gasteiger partial charge is 0.00262 e. The highest BCUT2D eigenvalue weighted by Crippen LogP contribution is 2.45. The van der Waals surface area contributed by atoms with E-state index in [4.69, 9.17) is 0 Å². The van der Waals surface area contributed by atoms with Crippen LogP contribution in [0.15, 0.2) is 206 Å². The van der Waals surface area contributed by atoms with E-state index in [0.717, 1.165) is 0 Å². The van der Waals surface area contributed by atoms with Crippen LogP contribution < -0.4 is 0 Å². The minimum atomic E-state index is 1.22. The van der Waals surface area contributed by atoms with Crippen molar-refractivity contribution in [2.45, 2.75) is 0 Å². The number of hydrogen-bond acceptors (Lipinski definition) is 0. The van der Waals surface area contributed by atoms with Gasteiger partial charge in [0.15, 0.2) is 0 Å². The molecule has 0 aliphatic carbocycles. The van der Waals surface area contributed by atoms with E-state index >= 15 is 0 Å². The third kappa shape index (κ3) is 5.16. The fraction of sp³-hybridized carbons (Fsp3) is 0. The van der Waals surface area contributed by atoms with Crippen molar-refractivity contribution in [2.75, 3.05) is 0 Å². The Kier molecular flexibility index (Phi) is 7.25. The van der Waals surface area contributed by atoms with E-state index in [0.29, 0.717) is 0 Å². The van der Waals surface area contributed by atoms with Crippen molar-refractivity contribution >= 4 is 43.1 Å². The molecule has 242 valence electrons. The predicted molar refractivity (Wildman–Crippen MR) is 224 cm³/mol. The third-order valence-electron chi connectivity index (χ3n) is 10.6. The fourth-order valence-electron chi connectivity index (χ4n) is 8.13. The molecule has 0 radical (unpaired) electrons. The van der Waals surface area contributed by atoms with Gasteiger partial charge < -0.3 is 0 Å². The average Bonchev–Trinajstić information content (AvgIpc) is 3.22. The van der Waals surface area contributed by atoms with Crippen LogP contribution in [0, 0.1) is 0 Å². The topological polar surface area (TPSA) is 0 Å². The fourth-order valence-corrected chi connectivity index (χ4v) is 8.13. The third-order valence-corrected chi connectivity index (χ3v) is 10.6. The van der Waals surface area contributed by atoms with Gasteiger partial charge in [-0.1, -0.05) is 188 Å². The maximum absolute atomic E-state index is 2.37. The van der Waals surface area contributed by atoms with E-state index in [1.54, 1.807) is 0 Å². The van der Waals surface area contributed by atoms with Gasteiger partial charge in [-0.05, 0) is 117 Å². The van der Waals surface area contributed by atoms with Crippen LogP contribution in [0.3, 0.4) is 0 Å². The number of hydrogen-bond donors (Lipinski definition) is 0. The lowest BCUT2D eigenvalue weighted by Gasteiger charge is -2.18. The summed E-state index contributed by atoms with van der Waals surface area (Å²) in [5, 5.41) is 10.1. The minimum Gasteiger partial charge on any atom is -0.0622 e. The SMILES string of the molecule is c1ccc(-c2ccc3cc(-c4ccc(-c5c6ccccc6c(-c6cccc(-c7cccc8ccccc78)c6)c6ccccc56)cc4)ccc3c2)cc1. The molecule has 0 aromatic heterocycles. The molecule has 10 rings (SSSR count). The van der Waals surface area contributed by atoms with E-state index in [1.807, 2.05) is 0 Å². The second-order valence-electron chi connectivity index (χ2n) is 13.7. The van der Waals surface area contributed by atoms with E-state index in [1.165, 1.54) is 98.7 Å². The molecule has 0 aliphatic heterocycles. The molecule has 0 atom stereocenters. The molecular weight excluding hydrogens is 625 g/mol. The number of rotatable bonds is 5. The van der Waals surface area contributed by atoms with Gasteiger partial charge in [0.2, 0.25) is 0 Å². The Bertz CT molecular complexity index is 2870. The molecule has 0 N–H and O–H groups in total. The van der Waals surface area contributed by atoms with Crippen molar-refractivity contribution < 1.29 is 0 Å². The van der Waals surface area contributed by atoms with Crippen LogP contribution in [0.1, 0.15) is 0 Å². The number of benzene rings is 10. The molecule has 0 saturated heterocycles. The summed E-state index contributed by atoms with van der Waals surface area (Å²) < 4.78 is 0. The molecule has 0 saturated carbocycles. The Balaban J connectivity index is 1.07. The van der Waals surface area contributed by atoms with Crippen LogP contribution in [-0.2, 0) is 0 Å². The van der Waals surface area contributed by atoms with E-state index < -0.39 is 0 Å². The summed E-state index contributed by atoms with van der Waals surface area (Å²) in [6.07, 6.45) is 0. The molecular formula is C52H34. The first kappa shape index (κ1) is 30.1. The summed E-state index contributed by atoms with van der Waals surface area (Å²) in [5.74, 6) is 0. The van der Waals surface area contributed by atoms with Crippen molar-refractivity contribution in [3.05, 3.63) is 206 Å². The molecule has 10 aromatic carbocycles. The lowest BCUT2D eigenvalue weighted by molar-refractivity contribution is 1.61. The van der Waals surface area contributed by atoms with Gasteiger partial charge in [0.05, 0.1) is 0 Å². The Hall–Kier alpha value is -6.76. The molecule has 52 heavy (non-hydrogen) atoms. The van der Waals surface area contributed by atoms with Gasteiger partial charge in [0.1, 0.15) is 0 Å². The maximum Gasteiger partial charge on any atom is -0.00262 e. The zero-order chi connectivity index (χ0) is 34.4. The highest BCUT2D eigenvalue weighted by Gasteiger charge is 2.17. The molecule has 0 aliphatic rings. The van der Waals surface area contributed by atoms with Crippen LogP contribution in [-0.4, -0.2) is 0 Å². The molecule has 0 amide bonds. The molecule has 0 heterocycles. The van der Waals surface area contributed by atoms with Crippen LogP contribution in [0.4, 0.5) is 0 Å². The second kappa shape index (κ2) is 12.5. The van der Waals surface area contributed by atoms with E-state index in [-0.39, 0.29) is 0 Å². The number of fused-ring (bicyclic) bond motifs is 4. The lowest BCUT2D eigenvalue weighted by atomic mass is 9.85. The summed E-state index contributed by atoms with van der Waals surface area (Å²) in [6.45, 7) is 0. The second-order valence-corrected chi connectivity index (χ2v) is 13.7. The zero-order valence-electron chi connectivity index (χ0n) is 28.6. The highest BCUT2D eigenvalue weighted by atomic mass is 14.2. The Morgan fingerprint density at radius 3 is 1.25 bits per heavy atom. The lowest BCUT2D eigenvalue weighted by Crippen LogP contribution is -1.91. The molecule has 0 bridgehead atoms. The maximum atomic E-state index is 2.37. The first-order chi connectivity index (χ1) is 25.8. The van der Waals surface area contributed by atoms with E-state index in [9.17, 15) is 0 Å². The van der Waals surface area contributed by atoms with Gasteiger partial charge in [0.25, 0.3) is 0 Å². The van der Waals surface area contributed by atoms with Crippen molar-refractivity contribution in [3.63, 3.8) is 0 Å². The molecule has 0 heteroatoms. The molecule has 0 unspecified atom stereocenters. The van der Waals surface area contributed by atoms with Crippen molar-refractivity contribution in [1.29, 1.82) is 0 Å². The van der Waals surface area contributed by atoms with Gasteiger partial charge in [-0.3, -0.25) is 0 Å². The summed E-state index contributed by atoms with van der Waals surface area (Å²) in [6, 6.07) is 75.5. The molecule has 10 aromatic rings. The summed E-state index contributed by atoms with van der Waals surface area (Å²) >= 11 is 0. The minimum absolute atomic E-state index is 1.22. The van der Waals surface area contributed by atoms with Crippen molar-refractivity contribution in [1.82, 2.24) is 0 Å². The standard InChI is InChI=1S/C52H34/c1-2-12-35(13-3-1)39-28-30-42-33-40(29-31-41(42)32-39)36-24-26-38(27-25-36)51-47-19-6-8-21-49(47)52(50-22-9-7-20-48(50)51)44-17-10-16-43(34-44)46-23-11-15-37-14-4-5-18-45(37)46/h1-34H. The Morgan fingerprint density at radius 1 is 0.192 bits per heavy atom. The molecule has 0 nitrogen and oxygen atoms in total. The Morgan fingerprint density at radius 2 is 0.615 bits per heavy atom. The summed E-state index contributed by atoms with van der Waals surface area (Å²) in [5.41, 5.74) is 12.4. The van der Waals surface area contributed by atoms with Gasteiger partial charge in [-0.25, -0.2) is 0 Å². The normalized spacial score (nSPS) is 11.5. The van der Waals surface area contributed by atoms with Gasteiger partial charge in [-0.2, -0.15) is 0 Å². The van der Waals surface area contributed by atoms with Crippen molar-refractivity contribution in [3.8, 4) is 55.6 Å². The van der Waals surface area contributed by atoms with Gasteiger partial charge in [0, 0.05) is 0 Å². The van der Waals surface area contributed by atoms with Crippen molar-refractivity contribution in [2.24, 2.45) is 0 Å². The predicted octanol–water partition coefficient (Wildman–Crippen LogP) is 14.6. The van der Waals surface area contributed by atoms with Gasteiger partial charge in [-0.15, -0.1) is 0 Å². The quantitative estimate of drug-likeness (QED) is 0.161. The summed E-state index contributed by atoms with van der Waals surface area (Å²) in [7, 11) is 0. The molecule has 0 fully saturated rings. The largest absolute Gasteiger partial charge is 0.0622 e. The first-order valence-electron chi connectivity index (χ1n) is 18.0. The average molecular weight is 659 g/mol. The Labute approximate surface area is 303 Å². The van der Waals surface area contributed by atoms with Crippen LogP contribution >= 0.6 is 0 Å². The van der Waals surface area contributed by atoms with E-state index in [2.05, 4.69) is 206 Å².